The number of aryl methyl sites for hydroxylation is 2. The maximum absolute atomic E-state index is 11.8. The molecule has 1 aliphatic heterocycles. The number of carboxylic acid groups (broad SMARTS) is 1. The smallest absolute Gasteiger partial charge is 0.303 e. The van der Waals surface area contributed by atoms with Crippen LogP contribution >= 0.6 is 0 Å². The topological polar surface area (TPSA) is 66.8 Å². The lowest BCUT2D eigenvalue weighted by Crippen LogP contribution is -2.55. The molecule has 5 heteroatoms. The van der Waals surface area contributed by atoms with Crippen LogP contribution in [0.4, 0.5) is 0 Å². The number of ether oxygens (including phenoxy) is 1. The fraction of sp³-hybridized carbons (Fsp3) is 0.500. The summed E-state index contributed by atoms with van der Waals surface area (Å²) in [6.07, 6.45) is 7.16. The Morgan fingerprint density at radius 2 is 1.96 bits per heavy atom. The van der Waals surface area contributed by atoms with Gasteiger partial charge in [0.25, 0.3) is 0 Å². The van der Waals surface area contributed by atoms with Gasteiger partial charge in [0.05, 0.1) is 12.5 Å². The van der Waals surface area contributed by atoms with E-state index in [2.05, 4.69) is 6.07 Å². The number of carbonyl (C=O) groups excluding carboxylic acids is 1. The van der Waals surface area contributed by atoms with Crippen LogP contribution in [0, 0.1) is 13.8 Å². The van der Waals surface area contributed by atoms with E-state index in [-0.39, 0.29) is 18.4 Å². The third kappa shape index (κ3) is 6.25. The molecule has 0 radical (unpaired) electrons. The van der Waals surface area contributed by atoms with Crippen molar-refractivity contribution in [3.05, 3.63) is 41.5 Å². The largest absolute Gasteiger partial charge is 0.491 e. The number of amides is 1. The average molecular weight is 345 g/mol. The number of likely N-dealkylation sites (tertiary alicyclic amines) is 1. The number of benzene rings is 1. The molecule has 0 aromatic heterocycles. The summed E-state index contributed by atoms with van der Waals surface area (Å²) in [6.45, 7) is 5.19. The van der Waals surface area contributed by atoms with E-state index in [1.165, 1.54) is 11.1 Å². The Balaban J connectivity index is 1.70. The number of hydrogen-bond donors (Lipinski definition) is 1. The van der Waals surface area contributed by atoms with Gasteiger partial charge in [-0.05, 0) is 56.4 Å². The molecule has 136 valence electrons. The summed E-state index contributed by atoms with van der Waals surface area (Å²) in [7, 11) is 0. The van der Waals surface area contributed by atoms with Crippen molar-refractivity contribution in [3.8, 4) is 5.75 Å². The van der Waals surface area contributed by atoms with Gasteiger partial charge >= 0.3 is 5.97 Å². The standard InChI is InChI=1S/C20H27NO4/c1-15-10-16(2)12-18(11-15)25-14-17-13-19(22)21(17)9-7-5-3-4-6-8-20(23)24/h5,7,10-12,17H,3-4,6,8-9,13-14H2,1-2H3,(H,23,24)/b7-5-/t17-/m1/s1. The lowest BCUT2D eigenvalue weighted by atomic mass is 10.0. The molecule has 0 saturated carbocycles. The second-order valence-electron chi connectivity index (χ2n) is 6.65. The number of carboxylic acids is 1. The molecule has 1 N–H and O–H groups in total. The molecule has 1 amide bonds. The molecule has 1 fully saturated rings. The molecule has 0 aliphatic carbocycles. The van der Waals surface area contributed by atoms with Gasteiger partial charge in [0.2, 0.25) is 5.91 Å². The highest BCUT2D eigenvalue weighted by molar-refractivity contribution is 5.83. The second kappa shape index (κ2) is 9.25. The van der Waals surface area contributed by atoms with Crippen molar-refractivity contribution in [1.82, 2.24) is 4.90 Å². The maximum Gasteiger partial charge on any atom is 0.303 e. The van der Waals surface area contributed by atoms with Crippen molar-refractivity contribution in [3.63, 3.8) is 0 Å². The van der Waals surface area contributed by atoms with Gasteiger partial charge < -0.3 is 14.7 Å². The maximum atomic E-state index is 11.8. The molecule has 1 atom stereocenters. The minimum atomic E-state index is -0.748. The highest BCUT2D eigenvalue weighted by Gasteiger charge is 2.35. The van der Waals surface area contributed by atoms with E-state index in [0.29, 0.717) is 26.0 Å². The van der Waals surface area contributed by atoms with Crippen molar-refractivity contribution in [2.24, 2.45) is 0 Å². The first-order valence-electron chi connectivity index (χ1n) is 8.83. The average Bonchev–Trinajstić information content (AvgIpc) is 2.52. The predicted octanol–water partition coefficient (Wildman–Crippen LogP) is 3.48. The van der Waals surface area contributed by atoms with Gasteiger partial charge in [0, 0.05) is 13.0 Å². The van der Waals surface area contributed by atoms with E-state index in [1.807, 2.05) is 43.0 Å². The summed E-state index contributed by atoms with van der Waals surface area (Å²) in [6, 6.07) is 6.25. The first kappa shape index (κ1) is 19.0. The Hall–Kier alpha value is -2.30. The summed E-state index contributed by atoms with van der Waals surface area (Å²) >= 11 is 0. The molecule has 2 rings (SSSR count). The molecule has 0 bridgehead atoms. The Kier molecular flexibility index (Phi) is 7.04. The lowest BCUT2D eigenvalue weighted by molar-refractivity contribution is -0.146. The lowest BCUT2D eigenvalue weighted by Gasteiger charge is -2.39. The Morgan fingerprint density at radius 1 is 1.24 bits per heavy atom. The predicted molar refractivity (Wildman–Crippen MR) is 96.8 cm³/mol. The minimum Gasteiger partial charge on any atom is -0.491 e. The number of hydrogen-bond acceptors (Lipinski definition) is 3. The fourth-order valence-corrected chi connectivity index (χ4v) is 2.97. The molecule has 1 aromatic rings. The number of allylic oxidation sites excluding steroid dienone is 1. The molecular weight excluding hydrogens is 318 g/mol. The van der Waals surface area contributed by atoms with E-state index >= 15 is 0 Å². The zero-order valence-corrected chi connectivity index (χ0v) is 15.0. The zero-order chi connectivity index (χ0) is 18.2. The first-order chi connectivity index (χ1) is 12.0. The third-order valence-corrected chi connectivity index (χ3v) is 4.29. The highest BCUT2D eigenvalue weighted by atomic mass is 16.5. The summed E-state index contributed by atoms with van der Waals surface area (Å²) < 4.78 is 5.86. The molecule has 25 heavy (non-hydrogen) atoms. The number of rotatable bonds is 10. The van der Waals surface area contributed by atoms with Crippen molar-refractivity contribution < 1.29 is 19.4 Å². The van der Waals surface area contributed by atoms with Gasteiger partial charge in [0.1, 0.15) is 12.4 Å². The highest BCUT2D eigenvalue weighted by Crippen LogP contribution is 2.22. The third-order valence-electron chi connectivity index (χ3n) is 4.29. The van der Waals surface area contributed by atoms with Gasteiger partial charge in [-0.2, -0.15) is 0 Å². The van der Waals surface area contributed by atoms with E-state index in [0.717, 1.165) is 18.6 Å². The van der Waals surface area contributed by atoms with E-state index < -0.39 is 5.97 Å². The number of carbonyl (C=O) groups is 2. The molecular formula is C20H27NO4. The molecule has 5 nitrogen and oxygen atoms in total. The Morgan fingerprint density at radius 3 is 2.60 bits per heavy atom. The Bertz CT molecular complexity index is 618. The molecule has 0 unspecified atom stereocenters. The number of nitrogens with zero attached hydrogens (tertiary/aromatic N) is 1. The summed E-state index contributed by atoms with van der Waals surface area (Å²) in [4.78, 5) is 24.0. The number of aliphatic carboxylic acids is 1. The summed E-state index contributed by atoms with van der Waals surface area (Å²) in [5.41, 5.74) is 2.34. The van der Waals surface area contributed by atoms with Crippen LogP contribution in [0.25, 0.3) is 0 Å². The van der Waals surface area contributed by atoms with Gasteiger partial charge in [-0.25, -0.2) is 0 Å². The van der Waals surface area contributed by atoms with Crippen LogP contribution in [-0.4, -0.2) is 41.1 Å². The van der Waals surface area contributed by atoms with Crippen LogP contribution in [-0.2, 0) is 9.59 Å². The van der Waals surface area contributed by atoms with Crippen LogP contribution in [0.15, 0.2) is 30.4 Å². The first-order valence-corrected chi connectivity index (χ1v) is 8.83. The van der Waals surface area contributed by atoms with Crippen molar-refractivity contribution in [2.75, 3.05) is 13.2 Å². The van der Waals surface area contributed by atoms with E-state index in [9.17, 15) is 9.59 Å². The minimum absolute atomic E-state index is 0.130. The number of unbranched alkanes of at least 4 members (excludes halogenated alkanes) is 2. The normalized spacial score (nSPS) is 17.0. The van der Waals surface area contributed by atoms with Gasteiger partial charge in [-0.3, -0.25) is 9.59 Å². The van der Waals surface area contributed by atoms with E-state index in [4.69, 9.17) is 9.84 Å². The van der Waals surface area contributed by atoms with Gasteiger partial charge in [-0.1, -0.05) is 18.2 Å². The van der Waals surface area contributed by atoms with E-state index in [1.54, 1.807) is 0 Å². The fourth-order valence-electron chi connectivity index (χ4n) is 2.97. The molecule has 1 heterocycles. The number of β-lactam (4-membered cyclic amide) rings is 1. The second-order valence-corrected chi connectivity index (χ2v) is 6.65. The summed E-state index contributed by atoms with van der Waals surface area (Å²) in [5, 5.41) is 8.58. The SMILES string of the molecule is Cc1cc(C)cc(OC[C@H]2CC(=O)N2C/C=C\CCCCC(=O)O)c1. The van der Waals surface area contributed by atoms with Crippen LogP contribution in [0.5, 0.6) is 5.75 Å². The monoisotopic (exact) mass is 345 g/mol. The Labute approximate surface area is 149 Å². The molecule has 0 spiro atoms. The van der Waals surface area contributed by atoms with Crippen LogP contribution in [0.1, 0.15) is 43.2 Å². The van der Waals surface area contributed by atoms with Crippen LogP contribution in [0.3, 0.4) is 0 Å². The summed E-state index contributed by atoms with van der Waals surface area (Å²) in [5.74, 6) is 0.261. The quantitative estimate of drug-likeness (QED) is 0.400. The zero-order valence-electron chi connectivity index (χ0n) is 15.0. The van der Waals surface area contributed by atoms with Gasteiger partial charge in [0.15, 0.2) is 0 Å². The van der Waals surface area contributed by atoms with Crippen LogP contribution < -0.4 is 4.74 Å². The van der Waals surface area contributed by atoms with Gasteiger partial charge in [-0.15, -0.1) is 0 Å². The molecule has 1 aliphatic rings. The molecule has 1 aromatic carbocycles. The van der Waals surface area contributed by atoms with Crippen molar-refractivity contribution in [2.45, 2.75) is 52.0 Å². The van der Waals surface area contributed by atoms with Crippen molar-refractivity contribution >= 4 is 11.9 Å². The van der Waals surface area contributed by atoms with Crippen molar-refractivity contribution in [1.29, 1.82) is 0 Å². The van der Waals surface area contributed by atoms with Crippen LogP contribution in [0.2, 0.25) is 0 Å². The molecule has 1 saturated heterocycles.